The number of carboxylic acid groups (broad SMARTS) is 1. The van der Waals surface area contributed by atoms with Crippen molar-refractivity contribution in [3.63, 3.8) is 0 Å². The van der Waals surface area contributed by atoms with Gasteiger partial charge in [-0.3, -0.25) is 0 Å². The molecule has 0 aliphatic heterocycles. The predicted octanol–water partition coefficient (Wildman–Crippen LogP) is 0.762. The van der Waals surface area contributed by atoms with Gasteiger partial charge in [-0.15, -0.1) is 0 Å². The number of nitrogens with one attached hydrogen (secondary N) is 1. The molecule has 2 N–H and O–H groups in total. The topological polar surface area (TPSA) is 92.7 Å². The Bertz CT molecular complexity index is 532. The summed E-state index contributed by atoms with van der Waals surface area (Å²) in [7, 11) is -3.51. The number of carboxylic acids is 1. The van der Waals surface area contributed by atoms with Crippen molar-refractivity contribution in [2.45, 2.75) is 4.90 Å². The molecule has 0 heterocycles. The Morgan fingerprint density at radius 3 is 2.68 bits per heavy atom. The molecule has 0 spiro atoms. The lowest BCUT2D eigenvalue weighted by molar-refractivity contribution is -0.142. The third-order valence-electron chi connectivity index (χ3n) is 2.11. The molecule has 6 nitrogen and oxygen atoms in total. The van der Waals surface area contributed by atoms with Crippen molar-refractivity contribution in [2.24, 2.45) is 0 Å². The Morgan fingerprint density at radius 2 is 2.05 bits per heavy atom. The number of hydrogen-bond acceptors (Lipinski definition) is 5. The highest BCUT2D eigenvalue weighted by Crippen LogP contribution is 2.20. The number of rotatable bonds is 8. The van der Waals surface area contributed by atoms with Crippen molar-refractivity contribution < 1.29 is 23.1 Å². The van der Waals surface area contributed by atoms with Crippen molar-refractivity contribution in [2.75, 3.05) is 25.6 Å². The minimum atomic E-state index is -3.51. The van der Waals surface area contributed by atoms with Crippen LogP contribution in [0.2, 0.25) is 5.02 Å². The summed E-state index contributed by atoms with van der Waals surface area (Å²) in [6, 6.07) is 6.17. The third-order valence-corrected chi connectivity index (χ3v) is 4.16. The molecule has 0 amide bonds. The molecular weight excluding hydrogens is 294 g/mol. The first-order valence-electron chi connectivity index (χ1n) is 5.41. The van der Waals surface area contributed by atoms with Crippen LogP contribution in [0.1, 0.15) is 0 Å². The number of halogens is 1. The maximum atomic E-state index is 11.9. The average molecular weight is 308 g/mol. The second-order valence-corrected chi connectivity index (χ2v) is 6.00. The third kappa shape index (κ3) is 5.56. The van der Waals surface area contributed by atoms with E-state index in [1.807, 2.05) is 0 Å². The molecule has 19 heavy (non-hydrogen) atoms. The van der Waals surface area contributed by atoms with E-state index in [0.717, 1.165) is 0 Å². The molecule has 8 heteroatoms. The van der Waals surface area contributed by atoms with Crippen LogP contribution < -0.4 is 5.32 Å². The van der Waals surface area contributed by atoms with Crippen LogP contribution in [0.25, 0.3) is 0 Å². The highest BCUT2D eigenvalue weighted by Gasteiger charge is 2.16. The monoisotopic (exact) mass is 307 g/mol. The van der Waals surface area contributed by atoms with Crippen LogP contribution in [-0.4, -0.2) is 45.1 Å². The zero-order chi connectivity index (χ0) is 14.3. The second-order valence-electron chi connectivity index (χ2n) is 3.64. The molecule has 0 unspecified atom stereocenters. The zero-order valence-electron chi connectivity index (χ0n) is 10.0. The van der Waals surface area contributed by atoms with E-state index in [1.165, 1.54) is 12.1 Å². The van der Waals surface area contributed by atoms with Gasteiger partial charge in [0, 0.05) is 6.54 Å². The molecule has 0 saturated carbocycles. The minimum Gasteiger partial charge on any atom is -0.480 e. The van der Waals surface area contributed by atoms with Crippen LogP contribution in [0.15, 0.2) is 29.2 Å². The summed E-state index contributed by atoms with van der Waals surface area (Å²) in [6.07, 6.45) is 0. The molecule has 0 aliphatic rings. The van der Waals surface area contributed by atoms with E-state index >= 15 is 0 Å². The number of aliphatic carboxylic acids is 1. The SMILES string of the molecule is O=C(O)COCCNCS(=O)(=O)c1ccccc1Cl. The molecule has 1 aromatic carbocycles. The standard InChI is InChI=1S/C11H14ClNO5S/c12-9-3-1-2-4-10(9)19(16,17)8-13-5-6-18-7-11(14)15/h1-4,13H,5-8H2,(H,14,15). The van der Waals surface area contributed by atoms with E-state index in [2.05, 4.69) is 5.32 Å². The van der Waals surface area contributed by atoms with Crippen LogP contribution in [0.3, 0.4) is 0 Å². The lowest BCUT2D eigenvalue weighted by atomic mass is 10.4. The van der Waals surface area contributed by atoms with Gasteiger partial charge in [0.15, 0.2) is 9.84 Å². The van der Waals surface area contributed by atoms with E-state index in [9.17, 15) is 13.2 Å². The molecule has 0 aromatic heterocycles. The first kappa shape index (κ1) is 15.9. The predicted molar refractivity (Wildman–Crippen MR) is 70.0 cm³/mol. The van der Waals surface area contributed by atoms with Gasteiger partial charge in [-0.2, -0.15) is 0 Å². The lowest BCUT2D eigenvalue weighted by Gasteiger charge is -2.07. The molecule has 0 radical (unpaired) electrons. The molecule has 106 valence electrons. The largest absolute Gasteiger partial charge is 0.480 e. The van der Waals surface area contributed by atoms with Crippen molar-refractivity contribution in [1.82, 2.24) is 5.32 Å². The van der Waals surface area contributed by atoms with Gasteiger partial charge >= 0.3 is 5.97 Å². The van der Waals surface area contributed by atoms with Crippen molar-refractivity contribution in [1.29, 1.82) is 0 Å². The van der Waals surface area contributed by atoms with Crippen LogP contribution in [0.4, 0.5) is 0 Å². The number of benzene rings is 1. The maximum Gasteiger partial charge on any atom is 0.329 e. The van der Waals surface area contributed by atoms with Gasteiger partial charge in [-0.1, -0.05) is 23.7 Å². The quantitative estimate of drug-likeness (QED) is 0.689. The summed E-state index contributed by atoms with van der Waals surface area (Å²) in [6.45, 7) is -0.0553. The van der Waals surface area contributed by atoms with Crippen LogP contribution in [0.5, 0.6) is 0 Å². The van der Waals surface area contributed by atoms with Gasteiger partial charge in [0.25, 0.3) is 0 Å². The van der Waals surface area contributed by atoms with Crippen molar-refractivity contribution >= 4 is 27.4 Å². The number of hydrogen-bond donors (Lipinski definition) is 2. The fourth-order valence-electron chi connectivity index (χ4n) is 1.29. The Balaban J connectivity index is 2.40. The van der Waals surface area contributed by atoms with E-state index in [-0.39, 0.29) is 28.9 Å². The molecular formula is C11H14ClNO5S. The van der Waals surface area contributed by atoms with Crippen molar-refractivity contribution in [3.05, 3.63) is 29.3 Å². The van der Waals surface area contributed by atoms with E-state index < -0.39 is 22.4 Å². The molecule has 1 rings (SSSR count). The Hall–Kier alpha value is -1.15. The van der Waals surface area contributed by atoms with Gasteiger partial charge in [0.05, 0.1) is 16.5 Å². The molecule has 0 atom stereocenters. The van der Waals surface area contributed by atoms with Crippen LogP contribution in [-0.2, 0) is 19.4 Å². The highest BCUT2D eigenvalue weighted by molar-refractivity contribution is 7.91. The molecule has 0 saturated heterocycles. The fourth-order valence-corrected chi connectivity index (χ4v) is 2.99. The Kier molecular flexibility index (Phi) is 6.23. The van der Waals surface area contributed by atoms with Gasteiger partial charge in [0.2, 0.25) is 0 Å². The van der Waals surface area contributed by atoms with Gasteiger partial charge in [0.1, 0.15) is 12.5 Å². The average Bonchev–Trinajstić information content (AvgIpc) is 2.33. The Labute approximate surface area is 116 Å². The molecule has 1 aromatic rings. The summed E-state index contributed by atoms with van der Waals surface area (Å²) in [5, 5.41) is 11.2. The summed E-state index contributed by atoms with van der Waals surface area (Å²) >= 11 is 5.81. The van der Waals surface area contributed by atoms with Crippen LogP contribution in [0, 0.1) is 0 Å². The first-order chi connectivity index (χ1) is 8.93. The van der Waals surface area contributed by atoms with Crippen molar-refractivity contribution in [3.8, 4) is 0 Å². The highest BCUT2D eigenvalue weighted by atomic mass is 35.5. The van der Waals surface area contributed by atoms with Crippen LogP contribution >= 0.6 is 11.6 Å². The minimum absolute atomic E-state index is 0.0654. The number of sulfone groups is 1. The van der Waals surface area contributed by atoms with Gasteiger partial charge < -0.3 is 15.2 Å². The number of carbonyl (C=O) groups is 1. The lowest BCUT2D eigenvalue weighted by Crippen LogP contribution is -2.27. The normalized spacial score (nSPS) is 11.4. The zero-order valence-corrected chi connectivity index (χ0v) is 11.6. The Morgan fingerprint density at radius 1 is 1.37 bits per heavy atom. The summed E-state index contributed by atoms with van der Waals surface area (Å²) < 4.78 is 28.6. The smallest absolute Gasteiger partial charge is 0.329 e. The summed E-state index contributed by atoms with van der Waals surface area (Å²) in [5.41, 5.74) is 0. The van der Waals surface area contributed by atoms with Gasteiger partial charge in [-0.05, 0) is 12.1 Å². The summed E-state index contributed by atoms with van der Waals surface area (Å²) in [5.74, 6) is -1.35. The number of ether oxygens (including phenoxy) is 1. The molecule has 0 fully saturated rings. The molecule has 0 bridgehead atoms. The fraction of sp³-hybridized carbons (Fsp3) is 0.364. The summed E-state index contributed by atoms with van der Waals surface area (Å²) in [4.78, 5) is 10.2. The van der Waals surface area contributed by atoms with E-state index in [1.54, 1.807) is 12.1 Å². The van der Waals surface area contributed by atoms with Gasteiger partial charge in [-0.25, -0.2) is 13.2 Å². The second kappa shape index (κ2) is 7.44. The molecule has 0 aliphatic carbocycles. The first-order valence-corrected chi connectivity index (χ1v) is 7.44. The maximum absolute atomic E-state index is 11.9. The van der Waals surface area contributed by atoms with E-state index in [4.69, 9.17) is 21.4 Å². The van der Waals surface area contributed by atoms with E-state index in [0.29, 0.717) is 0 Å².